The molecule has 0 bridgehead atoms. The van der Waals surface area contributed by atoms with Crippen molar-refractivity contribution in [2.24, 2.45) is 0 Å². The van der Waals surface area contributed by atoms with Gasteiger partial charge in [0.2, 0.25) is 23.6 Å². The van der Waals surface area contributed by atoms with Crippen molar-refractivity contribution in [2.75, 3.05) is 51.9 Å². The van der Waals surface area contributed by atoms with E-state index in [1.54, 1.807) is 9.80 Å². The average Bonchev–Trinajstić information content (AvgIpc) is 3.98. The Hall–Kier alpha value is -5.78. The van der Waals surface area contributed by atoms with E-state index in [2.05, 4.69) is 21.7 Å². The van der Waals surface area contributed by atoms with Crippen molar-refractivity contribution < 1.29 is 19.2 Å². The van der Waals surface area contributed by atoms with Crippen LogP contribution in [0.4, 0.5) is 11.4 Å². The summed E-state index contributed by atoms with van der Waals surface area (Å²) in [5.74, 6) is -0.459. The number of fused-ring (bicyclic) bond motifs is 5. The highest BCUT2D eigenvalue weighted by Gasteiger charge is 2.40. The molecule has 0 radical (unpaired) electrons. The third kappa shape index (κ3) is 7.45. The Balaban J connectivity index is 0.957. The van der Waals surface area contributed by atoms with Gasteiger partial charge in [0.15, 0.2) is 0 Å². The number of carbonyl (C=O) groups excluding carboxylic acids is 4. The molecule has 8 rings (SSSR count). The molecule has 3 aliphatic rings. The molecule has 4 atom stereocenters. The molecule has 2 saturated heterocycles. The number of hydrogen-bond acceptors (Lipinski definition) is 6. The van der Waals surface area contributed by atoms with Gasteiger partial charge in [-0.2, -0.15) is 0 Å². The second-order valence-electron chi connectivity index (χ2n) is 16.0. The summed E-state index contributed by atoms with van der Waals surface area (Å²) in [6.45, 7) is 1.10. The van der Waals surface area contributed by atoms with Gasteiger partial charge in [-0.25, -0.2) is 0 Å². The second kappa shape index (κ2) is 16.0. The zero-order chi connectivity index (χ0) is 39.8. The Kier molecular flexibility index (Phi) is 10.7. The summed E-state index contributed by atoms with van der Waals surface area (Å²) in [5.41, 5.74) is 8.66. The first-order valence-corrected chi connectivity index (χ1v) is 20.0. The number of aromatic nitrogens is 1. The average molecular weight is 766 g/mol. The standard InChI is InChI=1S/C46H51N7O4/c1-50(2)41(29-13-7-5-8-14-29)45(56)52-25-11-17-38(52)43(54)47-32-20-23-34-31(27-32)19-22-35-36-28-33(21-24-37(36)49-40(34)35)48-44(55)39-18-12-26-53(39)46(57)42(51(3)4)30-15-9-6-10-16-30/h5-10,13-16,20-21,23-24,27-28,38-39,41-42,49H,11-12,17-19,22,25-26H2,1-4H3,(H,47,54)(H,48,55)/t38-,39-,41+,42+/m0/s1. The van der Waals surface area contributed by atoms with Gasteiger partial charge in [0, 0.05) is 46.6 Å². The molecule has 0 saturated carbocycles. The van der Waals surface area contributed by atoms with Crippen molar-refractivity contribution in [3.05, 3.63) is 119 Å². The smallest absolute Gasteiger partial charge is 0.247 e. The molecular weight excluding hydrogens is 715 g/mol. The summed E-state index contributed by atoms with van der Waals surface area (Å²) in [6.07, 6.45) is 4.39. The van der Waals surface area contributed by atoms with Crippen molar-refractivity contribution in [1.82, 2.24) is 24.6 Å². The van der Waals surface area contributed by atoms with E-state index in [-0.39, 0.29) is 23.6 Å². The highest BCUT2D eigenvalue weighted by atomic mass is 16.2. The number of amides is 4. The summed E-state index contributed by atoms with van der Waals surface area (Å²) < 4.78 is 0. The molecule has 294 valence electrons. The second-order valence-corrected chi connectivity index (χ2v) is 16.0. The van der Waals surface area contributed by atoms with E-state index < -0.39 is 24.2 Å². The van der Waals surface area contributed by atoms with Gasteiger partial charge >= 0.3 is 0 Å². The fraction of sp³-hybridized carbons (Fsp3) is 0.348. The first-order chi connectivity index (χ1) is 27.6. The van der Waals surface area contributed by atoms with E-state index in [1.165, 1.54) is 5.56 Å². The molecule has 0 spiro atoms. The van der Waals surface area contributed by atoms with Crippen molar-refractivity contribution >= 4 is 45.9 Å². The van der Waals surface area contributed by atoms with Crippen molar-refractivity contribution in [1.29, 1.82) is 0 Å². The molecule has 5 aromatic rings. The van der Waals surface area contributed by atoms with Crippen molar-refractivity contribution in [3.63, 3.8) is 0 Å². The van der Waals surface area contributed by atoms with E-state index in [4.69, 9.17) is 0 Å². The first kappa shape index (κ1) is 38.1. The Labute approximate surface area is 334 Å². The Morgan fingerprint density at radius 1 is 0.649 bits per heavy atom. The fourth-order valence-corrected chi connectivity index (χ4v) is 9.16. The molecule has 4 aromatic carbocycles. The number of hydrogen-bond donors (Lipinski definition) is 3. The third-order valence-corrected chi connectivity index (χ3v) is 11.9. The minimum Gasteiger partial charge on any atom is -0.354 e. The molecule has 57 heavy (non-hydrogen) atoms. The zero-order valence-corrected chi connectivity index (χ0v) is 33.1. The summed E-state index contributed by atoms with van der Waals surface area (Å²) in [6, 6.07) is 29.4. The molecule has 0 unspecified atom stereocenters. The van der Waals surface area contributed by atoms with E-state index in [0.717, 1.165) is 70.2 Å². The molecule has 11 nitrogen and oxygen atoms in total. The Bertz CT molecular complexity index is 2300. The quantitative estimate of drug-likeness (QED) is 0.152. The number of anilines is 2. The minimum absolute atomic E-state index is 0.0593. The number of nitrogens with one attached hydrogen (secondary N) is 3. The molecule has 2 fully saturated rings. The van der Waals surface area contributed by atoms with Crippen LogP contribution in [0, 0.1) is 0 Å². The first-order valence-electron chi connectivity index (χ1n) is 20.0. The van der Waals surface area contributed by atoms with Gasteiger partial charge in [-0.05, 0) is 119 Å². The maximum atomic E-state index is 13.9. The normalized spacial score (nSPS) is 18.7. The Morgan fingerprint density at radius 2 is 1.16 bits per heavy atom. The molecule has 1 aromatic heterocycles. The fourth-order valence-electron chi connectivity index (χ4n) is 9.16. The number of rotatable bonds is 10. The van der Waals surface area contributed by atoms with E-state index in [0.29, 0.717) is 31.6 Å². The predicted molar refractivity (Wildman–Crippen MR) is 224 cm³/mol. The van der Waals surface area contributed by atoms with Crippen LogP contribution in [0.2, 0.25) is 0 Å². The number of likely N-dealkylation sites (tertiary alicyclic amines) is 2. The van der Waals surface area contributed by atoms with Gasteiger partial charge in [0.1, 0.15) is 24.2 Å². The number of likely N-dealkylation sites (N-methyl/N-ethyl adjacent to an activating group) is 2. The van der Waals surface area contributed by atoms with Crippen LogP contribution >= 0.6 is 0 Å². The maximum Gasteiger partial charge on any atom is 0.247 e. The van der Waals surface area contributed by atoms with Crippen molar-refractivity contribution in [2.45, 2.75) is 62.7 Å². The van der Waals surface area contributed by atoms with Crippen LogP contribution in [-0.4, -0.2) is 102 Å². The summed E-state index contributed by atoms with van der Waals surface area (Å²) in [5, 5.41) is 7.32. The van der Waals surface area contributed by atoms with E-state index in [1.807, 2.05) is 129 Å². The molecular formula is C46H51N7O4. The SMILES string of the molecule is CN(C)[C@@H](C(=O)N1CCC[C@H]1C(=O)Nc1ccc2c(c1)CCc1c-2[nH]c2ccc(NC(=O)[C@@H]3CCCN3C(=O)[C@@H](c3ccccc3)N(C)C)cc12)c1ccccc1. The summed E-state index contributed by atoms with van der Waals surface area (Å²) in [7, 11) is 7.58. The van der Waals surface area contributed by atoms with Crippen LogP contribution in [0.25, 0.3) is 22.2 Å². The van der Waals surface area contributed by atoms with Gasteiger partial charge in [-0.3, -0.25) is 29.0 Å². The molecule has 2 aliphatic heterocycles. The van der Waals surface area contributed by atoms with Crippen LogP contribution in [0.15, 0.2) is 97.1 Å². The zero-order valence-electron chi connectivity index (χ0n) is 33.1. The highest BCUT2D eigenvalue weighted by molar-refractivity contribution is 6.02. The lowest BCUT2D eigenvalue weighted by molar-refractivity contribution is -0.141. The van der Waals surface area contributed by atoms with Crippen LogP contribution in [0.5, 0.6) is 0 Å². The molecule has 4 amide bonds. The largest absolute Gasteiger partial charge is 0.354 e. The lowest BCUT2D eigenvalue weighted by atomic mass is 9.88. The number of aromatic amines is 1. The number of H-pyrrole nitrogens is 1. The lowest BCUT2D eigenvalue weighted by Crippen LogP contribution is -2.47. The van der Waals surface area contributed by atoms with E-state index in [9.17, 15) is 19.2 Å². The molecule has 3 N–H and O–H groups in total. The number of benzene rings is 4. The van der Waals surface area contributed by atoms with Gasteiger partial charge in [0.05, 0.1) is 0 Å². The topological polar surface area (TPSA) is 121 Å². The number of aryl methyl sites for hydroxylation is 2. The lowest BCUT2D eigenvalue weighted by Gasteiger charge is -2.31. The van der Waals surface area contributed by atoms with E-state index >= 15 is 0 Å². The number of nitrogens with zero attached hydrogens (tertiary/aromatic N) is 4. The Morgan fingerprint density at radius 3 is 1.68 bits per heavy atom. The van der Waals surface area contributed by atoms with Gasteiger partial charge in [-0.15, -0.1) is 0 Å². The maximum absolute atomic E-state index is 13.9. The summed E-state index contributed by atoms with van der Waals surface area (Å²) in [4.78, 5) is 66.2. The molecule has 3 heterocycles. The minimum atomic E-state index is -0.539. The van der Waals surface area contributed by atoms with Crippen molar-refractivity contribution in [3.8, 4) is 11.3 Å². The molecule has 11 heteroatoms. The van der Waals surface area contributed by atoms with Crippen LogP contribution in [-0.2, 0) is 32.0 Å². The highest BCUT2D eigenvalue weighted by Crippen LogP contribution is 2.40. The van der Waals surface area contributed by atoms with Gasteiger partial charge < -0.3 is 25.4 Å². The predicted octanol–water partition coefficient (Wildman–Crippen LogP) is 6.40. The van der Waals surface area contributed by atoms with Crippen LogP contribution in [0.1, 0.15) is 60.0 Å². The number of carbonyl (C=O) groups is 4. The van der Waals surface area contributed by atoms with Crippen LogP contribution < -0.4 is 10.6 Å². The third-order valence-electron chi connectivity index (χ3n) is 11.9. The molecule has 1 aliphatic carbocycles. The monoisotopic (exact) mass is 765 g/mol. The van der Waals surface area contributed by atoms with Crippen LogP contribution in [0.3, 0.4) is 0 Å². The van der Waals surface area contributed by atoms with Gasteiger partial charge in [-0.1, -0.05) is 66.7 Å². The summed E-state index contributed by atoms with van der Waals surface area (Å²) >= 11 is 0. The van der Waals surface area contributed by atoms with Gasteiger partial charge in [0.25, 0.3) is 0 Å².